The van der Waals surface area contributed by atoms with Crippen molar-refractivity contribution >= 4 is 6.21 Å². The van der Waals surface area contributed by atoms with Crippen LogP contribution in [0.1, 0.15) is 0 Å². The van der Waals surface area contributed by atoms with E-state index in [-0.39, 0.29) is 6.29 Å². The summed E-state index contributed by atoms with van der Waals surface area (Å²) in [4.78, 5) is 3.88. The van der Waals surface area contributed by atoms with Crippen molar-refractivity contribution in [3.8, 4) is 0 Å². The zero-order chi connectivity index (χ0) is 5.11. The highest BCUT2D eigenvalue weighted by Gasteiger charge is 2.02. The van der Waals surface area contributed by atoms with Gasteiger partial charge in [0.25, 0.3) is 0 Å². The van der Waals surface area contributed by atoms with Crippen molar-refractivity contribution in [2.75, 3.05) is 6.54 Å². The third kappa shape index (κ3) is 0.957. The van der Waals surface area contributed by atoms with Gasteiger partial charge in [-0.3, -0.25) is 16.2 Å². The maximum absolute atomic E-state index is 5.01. The van der Waals surface area contributed by atoms with Crippen LogP contribution in [0.4, 0.5) is 0 Å². The SMILES string of the molecule is NNC1N=CCN1. The lowest BCUT2D eigenvalue weighted by atomic mass is 10.8. The van der Waals surface area contributed by atoms with Crippen molar-refractivity contribution < 1.29 is 0 Å². The standard InChI is InChI=1S/C3H8N4/c4-7-3-5-1-2-6-3/h1,3,6-7H,2,4H2. The van der Waals surface area contributed by atoms with Gasteiger partial charge in [-0.1, -0.05) is 0 Å². The van der Waals surface area contributed by atoms with Gasteiger partial charge in [0.15, 0.2) is 6.29 Å². The Balaban J connectivity index is 2.28. The molecule has 0 radical (unpaired) electrons. The lowest BCUT2D eigenvalue weighted by Gasteiger charge is -2.02. The summed E-state index contributed by atoms with van der Waals surface area (Å²) >= 11 is 0. The molecule has 0 bridgehead atoms. The van der Waals surface area contributed by atoms with Gasteiger partial charge in [-0.15, -0.1) is 0 Å². The molecule has 40 valence electrons. The fourth-order valence-corrected chi connectivity index (χ4v) is 0.477. The van der Waals surface area contributed by atoms with Crippen molar-refractivity contribution in [2.24, 2.45) is 10.8 Å². The first-order valence-electron chi connectivity index (χ1n) is 2.14. The predicted molar refractivity (Wildman–Crippen MR) is 27.6 cm³/mol. The molecule has 1 rings (SSSR count). The summed E-state index contributed by atoms with van der Waals surface area (Å²) in [6.45, 7) is 0.814. The van der Waals surface area contributed by atoms with Gasteiger partial charge in [0.1, 0.15) is 0 Å². The van der Waals surface area contributed by atoms with Crippen LogP contribution in [-0.2, 0) is 0 Å². The van der Waals surface area contributed by atoms with Gasteiger partial charge in [0, 0.05) is 12.8 Å². The fourth-order valence-electron chi connectivity index (χ4n) is 0.477. The second kappa shape index (κ2) is 2.02. The van der Waals surface area contributed by atoms with E-state index in [1.54, 1.807) is 6.21 Å². The number of rotatable bonds is 1. The Morgan fingerprint density at radius 1 is 2.00 bits per heavy atom. The number of nitrogens with zero attached hydrogens (tertiary/aromatic N) is 1. The number of hydrogen-bond donors (Lipinski definition) is 3. The topological polar surface area (TPSA) is 62.4 Å². The van der Waals surface area contributed by atoms with E-state index in [0.29, 0.717) is 0 Å². The normalized spacial score (nSPS) is 29.0. The van der Waals surface area contributed by atoms with Crippen LogP contribution in [-0.4, -0.2) is 19.0 Å². The summed E-state index contributed by atoms with van der Waals surface area (Å²) < 4.78 is 0. The number of nitrogens with one attached hydrogen (secondary N) is 2. The van der Waals surface area contributed by atoms with E-state index < -0.39 is 0 Å². The van der Waals surface area contributed by atoms with Gasteiger partial charge in [-0.05, 0) is 0 Å². The van der Waals surface area contributed by atoms with Crippen LogP contribution in [0.2, 0.25) is 0 Å². The number of aliphatic imine (C=N–C) groups is 1. The minimum atomic E-state index is -0.0556. The Hall–Kier alpha value is -0.450. The van der Waals surface area contributed by atoms with Gasteiger partial charge in [-0.2, -0.15) is 0 Å². The Bertz CT molecular complexity index is 79.0. The van der Waals surface area contributed by atoms with E-state index in [2.05, 4.69) is 15.7 Å². The first kappa shape index (κ1) is 4.70. The van der Waals surface area contributed by atoms with Gasteiger partial charge in [0.05, 0.1) is 0 Å². The van der Waals surface area contributed by atoms with Crippen LogP contribution in [0.15, 0.2) is 4.99 Å². The Morgan fingerprint density at radius 2 is 2.86 bits per heavy atom. The molecule has 0 saturated carbocycles. The van der Waals surface area contributed by atoms with E-state index in [1.165, 1.54) is 0 Å². The van der Waals surface area contributed by atoms with Crippen LogP contribution in [0, 0.1) is 0 Å². The zero-order valence-electron chi connectivity index (χ0n) is 3.89. The van der Waals surface area contributed by atoms with Crippen LogP contribution < -0.4 is 16.6 Å². The molecule has 1 aliphatic heterocycles. The molecule has 1 aliphatic rings. The van der Waals surface area contributed by atoms with Crippen molar-refractivity contribution in [2.45, 2.75) is 6.29 Å². The van der Waals surface area contributed by atoms with E-state index in [4.69, 9.17) is 5.84 Å². The van der Waals surface area contributed by atoms with Crippen LogP contribution in [0.5, 0.6) is 0 Å². The van der Waals surface area contributed by atoms with Gasteiger partial charge in [-0.25, -0.2) is 5.43 Å². The maximum Gasteiger partial charge on any atom is 0.165 e. The summed E-state index contributed by atoms with van der Waals surface area (Å²) in [6, 6.07) is 0. The van der Waals surface area contributed by atoms with Crippen molar-refractivity contribution in [3.63, 3.8) is 0 Å². The minimum Gasteiger partial charge on any atom is -0.277 e. The fraction of sp³-hybridized carbons (Fsp3) is 0.667. The molecule has 1 atom stereocenters. The van der Waals surface area contributed by atoms with Gasteiger partial charge < -0.3 is 0 Å². The molecular formula is C3H8N4. The molecule has 4 nitrogen and oxygen atoms in total. The number of hydrogen-bond acceptors (Lipinski definition) is 4. The molecule has 1 unspecified atom stereocenters. The molecule has 4 heteroatoms. The molecule has 0 saturated heterocycles. The quantitative estimate of drug-likeness (QED) is 0.275. The smallest absolute Gasteiger partial charge is 0.165 e. The van der Waals surface area contributed by atoms with E-state index in [1.807, 2.05) is 0 Å². The largest absolute Gasteiger partial charge is 0.277 e. The van der Waals surface area contributed by atoms with Crippen molar-refractivity contribution in [1.29, 1.82) is 0 Å². The Kier molecular flexibility index (Phi) is 1.35. The molecule has 0 aromatic rings. The van der Waals surface area contributed by atoms with Gasteiger partial charge in [0.2, 0.25) is 0 Å². The number of nitrogens with two attached hydrogens (primary N) is 1. The third-order valence-electron chi connectivity index (χ3n) is 0.815. The monoisotopic (exact) mass is 100 g/mol. The molecule has 4 N–H and O–H groups in total. The second-order valence-electron chi connectivity index (χ2n) is 1.31. The van der Waals surface area contributed by atoms with E-state index in [0.717, 1.165) is 6.54 Å². The maximum atomic E-state index is 5.01. The lowest BCUT2D eigenvalue weighted by molar-refractivity contribution is 0.499. The first-order chi connectivity index (χ1) is 3.43. The average molecular weight is 100 g/mol. The molecular weight excluding hydrogens is 92.1 g/mol. The first-order valence-corrected chi connectivity index (χ1v) is 2.14. The molecule has 0 aromatic heterocycles. The summed E-state index contributed by atoms with van der Waals surface area (Å²) in [5, 5.41) is 2.95. The van der Waals surface area contributed by atoms with Crippen molar-refractivity contribution in [1.82, 2.24) is 10.7 Å². The average Bonchev–Trinajstić information content (AvgIpc) is 2.14. The summed E-state index contributed by atoms with van der Waals surface area (Å²) in [7, 11) is 0. The van der Waals surface area contributed by atoms with Crippen LogP contribution in [0.3, 0.4) is 0 Å². The summed E-state index contributed by atoms with van der Waals surface area (Å²) in [6.07, 6.45) is 1.73. The zero-order valence-corrected chi connectivity index (χ0v) is 3.89. The Morgan fingerprint density at radius 3 is 3.14 bits per heavy atom. The summed E-state index contributed by atoms with van der Waals surface area (Å²) in [5.74, 6) is 5.01. The van der Waals surface area contributed by atoms with Gasteiger partial charge >= 0.3 is 0 Å². The molecule has 0 spiro atoms. The van der Waals surface area contributed by atoms with Crippen LogP contribution in [0.25, 0.3) is 0 Å². The highest BCUT2D eigenvalue weighted by Crippen LogP contribution is 1.80. The second-order valence-corrected chi connectivity index (χ2v) is 1.31. The molecule has 0 fully saturated rings. The molecule has 0 aliphatic carbocycles. The Labute approximate surface area is 41.8 Å². The molecule has 0 aromatic carbocycles. The van der Waals surface area contributed by atoms with E-state index in [9.17, 15) is 0 Å². The predicted octanol–water partition coefficient (Wildman–Crippen LogP) is -1.59. The molecule has 7 heavy (non-hydrogen) atoms. The highest BCUT2D eigenvalue weighted by atomic mass is 15.4. The third-order valence-corrected chi connectivity index (χ3v) is 0.815. The number of hydrazine groups is 1. The molecule has 1 heterocycles. The van der Waals surface area contributed by atoms with Crippen LogP contribution >= 0.6 is 0 Å². The summed E-state index contributed by atoms with van der Waals surface area (Å²) in [5.41, 5.74) is 2.45. The lowest BCUT2D eigenvalue weighted by Crippen LogP contribution is -2.41. The minimum absolute atomic E-state index is 0.0556. The highest BCUT2D eigenvalue weighted by molar-refractivity contribution is 5.61. The molecule has 0 amide bonds. The van der Waals surface area contributed by atoms with E-state index >= 15 is 0 Å². The van der Waals surface area contributed by atoms with Crippen molar-refractivity contribution in [3.05, 3.63) is 0 Å².